The first kappa shape index (κ1) is 22.5. The zero-order chi connectivity index (χ0) is 21.3. The molecule has 0 unspecified atom stereocenters. The standard InChI is InChI=1S/C20H26ClN5O3S/c1-15-14-30-20(22-15)12-18(27)23-24-19(28)13-26-8-6-25(7-9-26)10-11-29-17-5-3-2-4-16(17)21/h2-5,14H,6-13H2,1H3,(H,23,27)(H,24,28). The van der Waals surface area contributed by atoms with Gasteiger partial charge in [-0.25, -0.2) is 4.98 Å². The van der Waals surface area contributed by atoms with Crippen LogP contribution in [0.5, 0.6) is 5.75 Å². The molecule has 1 saturated heterocycles. The van der Waals surface area contributed by atoms with Crippen molar-refractivity contribution in [2.45, 2.75) is 13.3 Å². The van der Waals surface area contributed by atoms with Crippen LogP contribution in [-0.4, -0.2) is 72.5 Å². The average Bonchev–Trinajstić information content (AvgIpc) is 3.14. The molecule has 0 aliphatic carbocycles. The van der Waals surface area contributed by atoms with E-state index in [4.69, 9.17) is 16.3 Å². The normalized spacial score (nSPS) is 15.0. The van der Waals surface area contributed by atoms with Crippen LogP contribution in [0.3, 0.4) is 0 Å². The lowest BCUT2D eigenvalue weighted by Gasteiger charge is -2.34. The second kappa shape index (κ2) is 11.3. The van der Waals surface area contributed by atoms with Gasteiger partial charge in [0.2, 0.25) is 5.91 Å². The number of nitrogens with zero attached hydrogens (tertiary/aromatic N) is 3. The highest BCUT2D eigenvalue weighted by Crippen LogP contribution is 2.22. The average molecular weight is 452 g/mol. The van der Waals surface area contributed by atoms with Crippen molar-refractivity contribution >= 4 is 34.8 Å². The predicted molar refractivity (Wildman–Crippen MR) is 117 cm³/mol. The summed E-state index contributed by atoms with van der Waals surface area (Å²) >= 11 is 7.52. The number of para-hydroxylation sites is 1. The minimum Gasteiger partial charge on any atom is -0.491 e. The van der Waals surface area contributed by atoms with E-state index in [1.165, 1.54) is 11.3 Å². The Morgan fingerprint density at radius 1 is 1.13 bits per heavy atom. The summed E-state index contributed by atoms with van der Waals surface area (Å²) in [5.74, 6) is 0.191. The van der Waals surface area contributed by atoms with Crippen LogP contribution in [0.15, 0.2) is 29.6 Å². The van der Waals surface area contributed by atoms with E-state index in [2.05, 4.69) is 25.6 Å². The lowest BCUT2D eigenvalue weighted by Crippen LogP contribution is -2.52. The molecule has 0 spiro atoms. The van der Waals surface area contributed by atoms with Gasteiger partial charge in [0, 0.05) is 43.8 Å². The lowest BCUT2D eigenvalue weighted by molar-refractivity contribution is -0.129. The molecule has 0 saturated carbocycles. The monoisotopic (exact) mass is 451 g/mol. The number of halogens is 1. The number of thiazole rings is 1. The molecule has 2 N–H and O–H groups in total. The first-order chi connectivity index (χ1) is 14.5. The first-order valence-corrected chi connectivity index (χ1v) is 11.1. The van der Waals surface area contributed by atoms with Gasteiger partial charge in [-0.05, 0) is 19.1 Å². The number of ether oxygens (including phenoxy) is 1. The van der Waals surface area contributed by atoms with Crippen LogP contribution in [0.2, 0.25) is 5.02 Å². The van der Waals surface area contributed by atoms with Crippen molar-refractivity contribution in [3.63, 3.8) is 0 Å². The van der Waals surface area contributed by atoms with Gasteiger partial charge in [0.1, 0.15) is 17.4 Å². The fourth-order valence-corrected chi connectivity index (χ4v) is 4.03. The van der Waals surface area contributed by atoms with Crippen LogP contribution in [0.4, 0.5) is 0 Å². The quantitative estimate of drug-likeness (QED) is 0.591. The molecule has 162 valence electrons. The van der Waals surface area contributed by atoms with E-state index in [1.807, 2.05) is 36.6 Å². The summed E-state index contributed by atoms with van der Waals surface area (Å²) in [5.41, 5.74) is 5.82. The molecule has 0 atom stereocenters. The summed E-state index contributed by atoms with van der Waals surface area (Å²) < 4.78 is 5.73. The van der Waals surface area contributed by atoms with Crippen molar-refractivity contribution in [1.82, 2.24) is 25.6 Å². The molecule has 2 aromatic rings. The highest BCUT2D eigenvalue weighted by atomic mass is 35.5. The van der Waals surface area contributed by atoms with E-state index in [9.17, 15) is 9.59 Å². The third kappa shape index (κ3) is 7.24. The third-order valence-electron chi connectivity index (χ3n) is 4.65. The highest BCUT2D eigenvalue weighted by Gasteiger charge is 2.19. The molecule has 10 heteroatoms. The molecule has 1 aliphatic rings. The molecular weight excluding hydrogens is 426 g/mol. The van der Waals surface area contributed by atoms with Gasteiger partial charge in [0.25, 0.3) is 5.91 Å². The zero-order valence-corrected chi connectivity index (χ0v) is 18.5. The number of carbonyl (C=O) groups excluding carboxylic acids is 2. The van der Waals surface area contributed by atoms with E-state index in [0.29, 0.717) is 17.4 Å². The van der Waals surface area contributed by atoms with Crippen molar-refractivity contribution in [3.8, 4) is 5.75 Å². The SMILES string of the molecule is Cc1csc(CC(=O)NNC(=O)CN2CCN(CCOc3ccccc3Cl)CC2)n1. The summed E-state index contributed by atoms with van der Waals surface area (Å²) in [6.45, 7) is 6.78. The second-order valence-electron chi connectivity index (χ2n) is 7.05. The number of benzene rings is 1. The summed E-state index contributed by atoms with van der Waals surface area (Å²) in [6.07, 6.45) is 0.160. The Kier molecular flexibility index (Phi) is 8.44. The van der Waals surface area contributed by atoms with Crippen LogP contribution in [0.25, 0.3) is 0 Å². The summed E-state index contributed by atoms with van der Waals surface area (Å²) in [6, 6.07) is 7.43. The molecule has 30 heavy (non-hydrogen) atoms. The fourth-order valence-electron chi connectivity index (χ4n) is 3.06. The van der Waals surface area contributed by atoms with Crippen molar-refractivity contribution in [2.75, 3.05) is 45.9 Å². The molecule has 1 fully saturated rings. The number of rotatable bonds is 8. The Labute approximate surface area is 185 Å². The number of hydrogen-bond acceptors (Lipinski definition) is 7. The molecule has 2 heterocycles. The number of nitrogens with one attached hydrogen (secondary N) is 2. The highest BCUT2D eigenvalue weighted by molar-refractivity contribution is 7.09. The van der Waals surface area contributed by atoms with Gasteiger partial charge >= 0.3 is 0 Å². The van der Waals surface area contributed by atoms with E-state index < -0.39 is 0 Å². The number of aryl methyl sites for hydroxylation is 1. The molecule has 0 bridgehead atoms. The second-order valence-corrected chi connectivity index (χ2v) is 8.40. The van der Waals surface area contributed by atoms with Gasteiger partial charge in [-0.3, -0.25) is 30.2 Å². The molecule has 0 radical (unpaired) electrons. The summed E-state index contributed by atoms with van der Waals surface area (Å²) in [5, 5.41) is 3.24. The fraction of sp³-hybridized carbons (Fsp3) is 0.450. The maximum absolute atomic E-state index is 12.1. The van der Waals surface area contributed by atoms with Crippen molar-refractivity contribution in [1.29, 1.82) is 0 Å². The number of piperazine rings is 1. The van der Waals surface area contributed by atoms with Crippen LogP contribution >= 0.6 is 22.9 Å². The molecule has 1 aromatic carbocycles. The van der Waals surface area contributed by atoms with E-state index >= 15 is 0 Å². The van der Waals surface area contributed by atoms with Crippen molar-refractivity contribution < 1.29 is 14.3 Å². The Morgan fingerprint density at radius 2 is 1.83 bits per heavy atom. The Balaban J connectivity index is 1.28. The van der Waals surface area contributed by atoms with Gasteiger partial charge in [0.15, 0.2) is 0 Å². The maximum atomic E-state index is 12.1. The van der Waals surface area contributed by atoms with E-state index in [-0.39, 0.29) is 24.8 Å². The smallest absolute Gasteiger partial charge is 0.252 e. The maximum Gasteiger partial charge on any atom is 0.252 e. The Morgan fingerprint density at radius 3 is 2.53 bits per heavy atom. The predicted octanol–water partition coefficient (Wildman–Crippen LogP) is 1.49. The minimum absolute atomic E-state index is 0.160. The molecule has 1 aromatic heterocycles. The topological polar surface area (TPSA) is 86.8 Å². The molecule has 3 rings (SSSR count). The summed E-state index contributed by atoms with van der Waals surface area (Å²) in [4.78, 5) is 32.6. The Hall–Kier alpha value is -2.20. The van der Waals surface area contributed by atoms with Crippen LogP contribution in [0.1, 0.15) is 10.7 Å². The van der Waals surface area contributed by atoms with Gasteiger partial charge in [0.05, 0.1) is 18.0 Å². The van der Waals surface area contributed by atoms with Gasteiger partial charge in [-0.1, -0.05) is 23.7 Å². The van der Waals surface area contributed by atoms with Crippen LogP contribution in [0, 0.1) is 6.92 Å². The molecule has 2 amide bonds. The molecule has 1 aliphatic heterocycles. The van der Waals surface area contributed by atoms with E-state index in [1.54, 1.807) is 0 Å². The minimum atomic E-state index is -0.277. The number of amides is 2. The van der Waals surface area contributed by atoms with E-state index in [0.717, 1.165) is 43.4 Å². The van der Waals surface area contributed by atoms with Gasteiger partial charge < -0.3 is 4.74 Å². The largest absolute Gasteiger partial charge is 0.491 e. The number of aromatic nitrogens is 1. The Bertz CT molecular complexity index is 854. The third-order valence-corrected chi connectivity index (χ3v) is 5.93. The lowest BCUT2D eigenvalue weighted by atomic mass is 10.3. The van der Waals surface area contributed by atoms with Crippen LogP contribution in [-0.2, 0) is 16.0 Å². The summed E-state index contributed by atoms with van der Waals surface area (Å²) in [7, 11) is 0. The first-order valence-electron chi connectivity index (χ1n) is 9.80. The molecular formula is C20H26ClN5O3S. The van der Waals surface area contributed by atoms with Gasteiger partial charge in [-0.15, -0.1) is 11.3 Å². The molecule has 8 nitrogen and oxygen atoms in total. The number of carbonyl (C=O) groups is 2. The van der Waals surface area contributed by atoms with Crippen LogP contribution < -0.4 is 15.6 Å². The van der Waals surface area contributed by atoms with Crippen molar-refractivity contribution in [2.24, 2.45) is 0 Å². The van der Waals surface area contributed by atoms with Gasteiger partial charge in [-0.2, -0.15) is 0 Å². The van der Waals surface area contributed by atoms with Crippen molar-refractivity contribution in [3.05, 3.63) is 45.4 Å². The number of hydrogen-bond donors (Lipinski definition) is 2. The zero-order valence-electron chi connectivity index (χ0n) is 16.9. The number of hydrazine groups is 1.